The average molecular weight is 259 g/mol. The van der Waals surface area contributed by atoms with Crippen molar-refractivity contribution in [2.75, 3.05) is 13.2 Å². The number of hydrogen-bond acceptors (Lipinski definition) is 3. The van der Waals surface area contributed by atoms with Gasteiger partial charge in [0.15, 0.2) is 0 Å². The van der Waals surface area contributed by atoms with E-state index >= 15 is 0 Å². The van der Waals surface area contributed by atoms with Crippen molar-refractivity contribution in [1.29, 1.82) is 0 Å². The lowest BCUT2D eigenvalue weighted by molar-refractivity contribution is 0.0206. The molecule has 2 N–H and O–H groups in total. The summed E-state index contributed by atoms with van der Waals surface area (Å²) in [4.78, 5) is 12.1. The number of fused-ring (bicyclic) bond motifs is 1. The molecule has 0 spiro atoms. The van der Waals surface area contributed by atoms with Crippen molar-refractivity contribution in [3.63, 3.8) is 0 Å². The van der Waals surface area contributed by atoms with Crippen molar-refractivity contribution < 1.29 is 9.53 Å². The number of aromatic nitrogens is 2. The van der Waals surface area contributed by atoms with E-state index in [1.165, 1.54) is 0 Å². The number of rotatable bonds is 3. The summed E-state index contributed by atoms with van der Waals surface area (Å²) in [6, 6.07) is 5.52. The molecule has 1 aliphatic rings. The quantitative estimate of drug-likeness (QED) is 0.884. The number of aromatic amines is 1. The van der Waals surface area contributed by atoms with E-state index in [4.69, 9.17) is 4.74 Å². The van der Waals surface area contributed by atoms with Crippen LogP contribution in [0.4, 0.5) is 0 Å². The second-order valence-corrected chi connectivity index (χ2v) is 5.26. The Bertz CT molecular complexity index is 600. The Balaban J connectivity index is 1.69. The highest BCUT2D eigenvalue weighted by Gasteiger charge is 2.30. The van der Waals surface area contributed by atoms with Crippen LogP contribution in [-0.4, -0.2) is 34.9 Å². The fraction of sp³-hybridized carbons (Fsp3) is 0.429. The van der Waals surface area contributed by atoms with Crippen LogP contribution in [0.15, 0.2) is 24.4 Å². The third-order valence-corrected chi connectivity index (χ3v) is 3.63. The van der Waals surface area contributed by atoms with E-state index in [0.29, 0.717) is 12.1 Å². The number of carbonyl (C=O) groups is 1. The number of ether oxygens (including phenoxy) is 1. The molecule has 2 aromatic rings. The fourth-order valence-corrected chi connectivity index (χ4v) is 2.42. The Labute approximate surface area is 111 Å². The number of hydrogen-bond donors (Lipinski definition) is 2. The first-order valence-corrected chi connectivity index (χ1v) is 6.52. The molecule has 5 nitrogen and oxygen atoms in total. The maximum absolute atomic E-state index is 12.1. The van der Waals surface area contributed by atoms with Crippen LogP contribution in [0.25, 0.3) is 10.9 Å². The van der Waals surface area contributed by atoms with Crippen LogP contribution in [0.5, 0.6) is 0 Å². The smallest absolute Gasteiger partial charge is 0.251 e. The molecule has 0 aliphatic carbocycles. The highest BCUT2D eigenvalue weighted by molar-refractivity contribution is 5.97. The zero-order valence-corrected chi connectivity index (χ0v) is 10.9. The monoisotopic (exact) mass is 259 g/mol. The Morgan fingerprint density at radius 3 is 3.26 bits per heavy atom. The van der Waals surface area contributed by atoms with Crippen LogP contribution >= 0.6 is 0 Å². The Kier molecular flexibility index (Phi) is 2.98. The standard InChI is InChI=1S/C14H17N3O2/c1-14(5-2-6-19-14)9-15-13(18)10-3-4-11-8-16-17-12(11)7-10/h3-4,7-8H,2,5-6,9H2,1H3,(H,15,18)(H,16,17). The molecule has 2 heterocycles. The van der Waals surface area contributed by atoms with Gasteiger partial charge in [-0.1, -0.05) is 6.07 Å². The zero-order chi connectivity index (χ0) is 13.3. The predicted octanol–water partition coefficient (Wildman–Crippen LogP) is 1.86. The Hall–Kier alpha value is -1.88. The first-order chi connectivity index (χ1) is 9.16. The van der Waals surface area contributed by atoms with Crippen molar-refractivity contribution in [1.82, 2.24) is 15.5 Å². The van der Waals surface area contributed by atoms with Gasteiger partial charge >= 0.3 is 0 Å². The minimum absolute atomic E-state index is 0.0757. The molecule has 1 aromatic heterocycles. The minimum Gasteiger partial charge on any atom is -0.373 e. The third kappa shape index (κ3) is 2.46. The molecule has 3 rings (SSSR count). The number of benzene rings is 1. The summed E-state index contributed by atoms with van der Waals surface area (Å²) in [5, 5.41) is 10.8. The summed E-state index contributed by atoms with van der Waals surface area (Å²) in [6.45, 7) is 3.37. The Morgan fingerprint density at radius 1 is 1.58 bits per heavy atom. The molecule has 19 heavy (non-hydrogen) atoms. The minimum atomic E-state index is -0.215. The highest BCUT2D eigenvalue weighted by Crippen LogP contribution is 2.24. The summed E-state index contributed by atoms with van der Waals surface area (Å²) in [5.41, 5.74) is 1.29. The summed E-state index contributed by atoms with van der Waals surface area (Å²) in [7, 11) is 0. The van der Waals surface area contributed by atoms with E-state index in [9.17, 15) is 4.79 Å². The average Bonchev–Trinajstić information content (AvgIpc) is 3.04. The molecule has 1 amide bonds. The van der Waals surface area contributed by atoms with Gasteiger partial charge in [-0.15, -0.1) is 0 Å². The molecular formula is C14H17N3O2. The molecule has 1 saturated heterocycles. The molecule has 1 aromatic carbocycles. The summed E-state index contributed by atoms with van der Waals surface area (Å²) >= 11 is 0. The van der Waals surface area contributed by atoms with Gasteiger partial charge < -0.3 is 10.1 Å². The normalized spacial score (nSPS) is 22.8. The Morgan fingerprint density at radius 2 is 2.47 bits per heavy atom. The van der Waals surface area contributed by atoms with Gasteiger partial charge in [0.2, 0.25) is 0 Å². The molecule has 0 bridgehead atoms. The summed E-state index contributed by atoms with van der Waals surface area (Å²) in [6.07, 6.45) is 3.80. The van der Waals surface area contributed by atoms with Gasteiger partial charge in [-0.2, -0.15) is 5.10 Å². The van der Waals surface area contributed by atoms with E-state index in [2.05, 4.69) is 15.5 Å². The van der Waals surface area contributed by atoms with Crippen molar-refractivity contribution in [3.05, 3.63) is 30.0 Å². The van der Waals surface area contributed by atoms with Crippen LogP contribution < -0.4 is 5.32 Å². The molecule has 0 saturated carbocycles. The maximum atomic E-state index is 12.1. The van der Waals surface area contributed by atoms with Gasteiger partial charge in [0, 0.05) is 24.1 Å². The predicted molar refractivity (Wildman–Crippen MR) is 72.0 cm³/mol. The van der Waals surface area contributed by atoms with Crippen molar-refractivity contribution in [2.24, 2.45) is 0 Å². The molecule has 0 radical (unpaired) electrons. The lowest BCUT2D eigenvalue weighted by Crippen LogP contribution is -2.40. The van der Waals surface area contributed by atoms with Crippen LogP contribution in [-0.2, 0) is 4.74 Å². The van der Waals surface area contributed by atoms with Crippen molar-refractivity contribution in [3.8, 4) is 0 Å². The SMILES string of the molecule is CC1(CNC(=O)c2ccc3cn[nH]c3c2)CCCO1. The lowest BCUT2D eigenvalue weighted by atomic mass is 10.0. The molecule has 1 aliphatic heterocycles. The summed E-state index contributed by atoms with van der Waals surface area (Å²) < 4.78 is 5.65. The largest absolute Gasteiger partial charge is 0.373 e. The van der Waals surface area contributed by atoms with E-state index in [1.54, 1.807) is 6.20 Å². The van der Waals surface area contributed by atoms with Gasteiger partial charge in [-0.3, -0.25) is 9.89 Å². The first-order valence-electron chi connectivity index (χ1n) is 6.52. The maximum Gasteiger partial charge on any atom is 0.251 e. The molecule has 100 valence electrons. The second-order valence-electron chi connectivity index (χ2n) is 5.26. The van der Waals surface area contributed by atoms with Crippen LogP contribution in [0.2, 0.25) is 0 Å². The van der Waals surface area contributed by atoms with Crippen LogP contribution in [0, 0.1) is 0 Å². The van der Waals surface area contributed by atoms with Crippen LogP contribution in [0.1, 0.15) is 30.1 Å². The molecular weight excluding hydrogens is 242 g/mol. The fourth-order valence-electron chi connectivity index (χ4n) is 2.42. The number of carbonyl (C=O) groups excluding carboxylic acids is 1. The van der Waals surface area contributed by atoms with Gasteiger partial charge in [0.05, 0.1) is 17.3 Å². The van der Waals surface area contributed by atoms with Gasteiger partial charge in [0.25, 0.3) is 5.91 Å². The van der Waals surface area contributed by atoms with E-state index in [-0.39, 0.29) is 11.5 Å². The number of nitrogens with zero attached hydrogens (tertiary/aromatic N) is 1. The number of H-pyrrole nitrogens is 1. The van der Waals surface area contributed by atoms with E-state index < -0.39 is 0 Å². The van der Waals surface area contributed by atoms with E-state index in [1.807, 2.05) is 25.1 Å². The molecule has 1 fully saturated rings. The van der Waals surface area contributed by atoms with Crippen molar-refractivity contribution in [2.45, 2.75) is 25.4 Å². The third-order valence-electron chi connectivity index (χ3n) is 3.63. The topological polar surface area (TPSA) is 67.0 Å². The second kappa shape index (κ2) is 4.66. The van der Waals surface area contributed by atoms with Gasteiger partial charge in [0.1, 0.15) is 0 Å². The summed E-state index contributed by atoms with van der Waals surface area (Å²) in [5.74, 6) is -0.0757. The number of nitrogens with one attached hydrogen (secondary N) is 2. The molecule has 1 unspecified atom stereocenters. The van der Waals surface area contributed by atoms with Crippen molar-refractivity contribution >= 4 is 16.8 Å². The van der Waals surface area contributed by atoms with Gasteiger partial charge in [-0.05, 0) is 31.9 Å². The number of amides is 1. The first kappa shape index (κ1) is 12.2. The van der Waals surface area contributed by atoms with Gasteiger partial charge in [-0.25, -0.2) is 0 Å². The zero-order valence-electron chi connectivity index (χ0n) is 10.9. The highest BCUT2D eigenvalue weighted by atomic mass is 16.5. The lowest BCUT2D eigenvalue weighted by Gasteiger charge is -2.23. The van der Waals surface area contributed by atoms with E-state index in [0.717, 1.165) is 30.4 Å². The molecule has 5 heteroatoms. The molecule has 1 atom stereocenters. The van der Waals surface area contributed by atoms with Crippen LogP contribution in [0.3, 0.4) is 0 Å².